The first-order chi connectivity index (χ1) is 8.18. The van der Waals surface area contributed by atoms with Gasteiger partial charge in [0.1, 0.15) is 0 Å². The Balaban J connectivity index is -0.0000000248. The molecular formula is C15H37N2ReW-. The van der Waals surface area contributed by atoms with Gasteiger partial charge in [-0.1, -0.05) is 34.3 Å². The summed E-state index contributed by atoms with van der Waals surface area (Å²) in [6.45, 7) is 25.7. The van der Waals surface area contributed by atoms with Crippen LogP contribution in [0.3, 0.4) is 0 Å². The van der Waals surface area contributed by atoms with Gasteiger partial charge in [0.05, 0.1) is 0 Å². The fourth-order valence-electron chi connectivity index (χ4n) is 0.441. The standard InChI is InChI=1S/C7H15N2.2C2H6.2C2H5.Re.W/c1-7(2)9(4)6-5-8-3;4*1-2;;/h1,5-6H2,2-4H3;2*1-2H3;2*1H2,2H3;;/q-1;;;2*-1;;+2. The summed E-state index contributed by atoms with van der Waals surface area (Å²) in [5, 5.41) is 3.98. The quantitative estimate of drug-likeness (QED) is 0.399. The molecule has 0 fully saturated rings. The molecule has 0 saturated heterocycles. The predicted molar refractivity (Wildman–Crippen MR) is 86.4 cm³/mol. The normalized spacial score (nSPS) is 5.63. The summed E-state index contributed by atoms with van der Waals surface area (Å²) in [5.74, 6) is 0. The molecule has 0 saturated carbocycles. The number of hydrogen-bond donors (Lipinski definition) is 0. The van der Waals surface area contributed by atoms with Crippen molar-refractivity contribution in [2.24, 2.45) is 0 Å². The van der Waals surface area contributed by atoms with E-state index < -0.39 is 0 Å². The Morgan fingerprint density at radius 1 is 1.05 bits per heavy atom. The van der Waals surface area contributed by atoms with Gasteiger partial charge >= 0.3 is 21.1 Å². The van der Waals surface area contributed by atoms with Crippen molar-refractivity contribution in [3.8, 4) is 0 Å². The van der Waals surface area contributed by atoms with E-state index in [2.05, 4.69) is 30.6 Å². The van der Waals surface area contributed by atoms with E-state index >= 15 is 0 Å². The summed E-state index contributed by atoms with van der Waals surface area (Å²) in [4.78, 5) is 2.09. The van der Waals surface area contributed by atoms with E-state index in [4.69, 9.17) is 0 Å². The van der Waals surface area contributed by atoms with E-state index in [9.17, 15) is 0 Å². The predicted octanol–water partition coefficient (Wildman–Crippen LogP) is 5.18. The topological polar surface area (TPSA) is 17.3 Å². The number of hydrogen-bond acceptors (Lipinski definition) is 1. The fourth-order valence-corrected chi connectivity index (χ4v) is 0.441. The molecule has 4 heteroatoms. The molecule has 19 heavy (non-hydrogen) atoms. The van der Waals surface area contributed by atoms with Gasteiger partial charge in [0.25, 0.3) is 0 Å². The van der Waals surface area contributed by atoms with Gasteiger partial charge < -0.3 is 24.1 Å². The van der Waals surface area contributed by atoms with Gasteiger partial charge in [-0.3, -0.25) is 0 Å². The first-order valence-corrected chi connectivity index (χ1v) is 6.52. The van der Waals surface area contributed by atoms with Crippen molar-refractivity contribution < 1.29 is 41.5 Å². The molecule has 0 aromatic heterocycles. The molecular weight excluding hydrogens is 578 g/mol. The minimum atomic E-state index is 0. The third-order valence-electron chi connectivity index (χ3n) is 1.31. The van der Waals surface area contributed by atoms with E-state index in [1.54, 1.807) is 13.8 Å². The summed E-state index contributed by atoms with van der Waals surface area (Å²) >= 11 is 0. The zero-order valence-electron chi connectivity index (χ0n) is 14.7. The number of likely N-dealkylation sites (N-methyl/N-ethyl adjacent to an activating group) is 2. The Morgan fingerprint density at radius 2 is 1.32 bits per heavy atom. The fraction of sp³-hybridized carbons (Fsp3) is 0.733. The van der Waals surface area contributed by atoms with Crippen LogP contribution in [0.15, 0.2) is 12.3 Å². The van der Waals surface area contributed by atoms with Crippen molar-refractivity contribution in [3.05, 3.63) is 31.4 Å². The molecule has 2 nitrogen and oxygen atoms in total. The largest absolute Gasteiger partial charge is 2.00 e. The molecule has 0 aromatic carbocycles. The molecule has 0 rings (SSSR count). The van der Waals surface area contributed by atoms with Crippen molar-refractivity contribution in [3.63, 3.8) is 0 Å². The summed E-state index contributed by atoms with van der Waals surface area (Å²) in [6.07, 6.45) is 0. The van der Waals surface area contributed by atoms with Gasteiger partial charge in [-0.15, -0.1) is 6.54 Å². The molecule has 0 aliphatic rings. The molecule has 0 unspecified atom stereocenters. The van der Waals surface area contributed by atoms with Gasteiger partial charge in [-0.05, 0) is 13.5 Å². The number of allylic oxidation sites excluding steroid dienone is 1. The average Bonchev–Trinajstić information content (AvgIpc) is 2.44. The van der Waals surface area contributed by atoms with Crippen molar-refractivity contribution in [2.75, 3.05) is 27.2 Å². The van der Waals surface area contributed by atoms with Crippen LogP contribution in [0.1, 0.15) is 48.5 Å². The minimum absolute atomic E-state index is 0. The first kappa shape index (κ1) is 42.7. The van der Waals surface area contributed by atoms with Crippen LogP contribution in [0.4, 0.5) is 0 Å². The number of nitrogens with zero attached hydrogens (tertiary/aromatic N) is 2. The van der Waals surface area contributed by atoms with Gasteiger partial charge in [-0.25, -0.2) is 0 Å². The SMILES string of the molecule is C=C(C)N(C)CC[N-]C.CC.CC.[CH2-]C.[CH2-]C.[Re].[W+2]. The smallest absolute Gasteiger partial charge is 0.664 e. The summed E-state index contributed by atoms with van der Waals surface area (Å²) in [5.41, 5.74) is 1.10. The van der Waals surface area contributed by atoms with Gasteiger partial charge in [0, 0.05) is 33.2 Å². The summed E-state index contributed by atoms with van der Waals surface area (Å²) in [7, 11) is 3.85. The second-order valence-corrected chi connectivity index (χ2v) is 2.20. The molecule has 0 N–H and O–H groups in total. The summed E-state index contributed by atoms with van der Waals surface area (Å²) < 4.78 is 0. The van der Waals surface area contributed by atoms with Gasteiger partial charge in [0.15, 0.2) is 0 Å². The van der Waals surface area contributed by atoms with E-state index in [0.29, 0.717) is 0 Å². The molecule has 0 aliphatic heterocycles. The first-order valence-electron chi connectivity index (χ1n) is 6.52. The van der Waals surface area contributed by atoms with Gasteiger partial charge in [-0.2, -0.15) is 20.9 Å². The monoisotopic (exact) mass is 616 g/mol. The van der Waals surface area contributed by atoms with Gasteiger partial charge in [0.2, 0.25) is 0 Å². The average molecular weight is 616 g/mol. The molecule has 0 heterocycles. The van der Waals surface area contributed by atoms with Crippen LogP contribution in [0, 0.1) is 13.8 Å². The van der Waals surface area contributed by atoms with E-state index in [1.807, 2.05) is 48.7 Å². The zero-order chi connectivity index (χ0) is 15.3. The maximum Gasteiger partial charge on any atom is 2.00 e. The Kier molecular flexibility index (Phi) is 139. The van der Waals surface area contributed by atoms with Crippen molar-refractivity contribution in [1.29, 1.82) is 0 Å². The number of rotatable bonds is 4. The maximum absolute atomic E-state index is 3.98. The molecule has 0 spiro atoms. The van der Waals surface area contributed by atoms with Crippen LogP contribution in [0.25, 0.3) is 5.32 Å². The maximum atomic E-state index is 3.98. The Bertz CT molecular complexity index is 102. The van der Waals surface area contributed by atoms with Crippen molar-refractivity contribution in [2.45, 2.75) is 48.5 Å². The van der Waals surface area contributed by atoms with Crippen molar-refractivity contribution in [1.82, 2.24) is 4.90 Å². The molecule has 121 valence electrons. The minimum Gasteiger partial charge on any atom is -0.664 e. The van der Waals surface area contributed by atoms with Crippen LogP contribution in [-0.2, 0) is 41.5 Å². The van der Waals surface area contributed by atoms with Crippen LogP contribution < -0.4 is 0 Å². The zero-order valence-corrected chi connectivity index (χ0v) is 20.4. The molecule has 0 atom stereocenters. The molecule has 0 aromatic rings. The second-order valence-electron chi connectivity index (χ2n) is 2.20. The molecule has 0 aliphatic carbocycles. The third kappa shape index (κ3) is 68.3. The molecule has 0 bridgehead atoms. The van der Waals surface area contributed by atoms with E-state index in [-0.39, 0.29) is 41.5 Å². The Hall–Kier alpha value is 0.851. The second kappa shape index (κ2) is 61.9. The third-order valence-corrected chi connectivity index (χ3v) is 1.31. The Labute approximate surface area is 153 Å². The Morgan fingerprint density at radius 3 is 1.47 bits per heavy atom. The van der Waals surface area contributed by atoms with E-state index in [1.165, 1.54) is 0 Å². The molecule has 0 amide bonds. The molecule has 1 radical (unpaired) electrons. The van der Waals surface area contributed by atoms with Crippen LogP contribution in [0.5, 0.6) is 0 Å². The van der Waals surface area contributed by atoms with Crippen molar-refractivity contribution >= 4 is 0 Å². The summed E-state index contributed by atoms with van der Waals surface area (Å²) in [6, 6.07) is 0. The van der Waals surface area contributed by atoms with Crippen LogP contribution in [0.2, 0.25) is 0 Å². The van der Waals surface area contributed by atoms with Crippen LogP contribution >= 0.6 is 0 Å². The van der Waals surface area contributed by atoms with E-state index in [0.717, 1.165) is 18.8 Å². The van der Waals surface area contributed by atoms with Crippen LogP contribution in [-0.4, -0.2) is 32.1 Å².